The van der Waals surface area contributed by atoms with Gasteiger partial charge in [-0.15, -0.1) is 0 Å². The van der Waals surface area contributed by atoms with Crippen LogP contribution in [0.3, 0.4) is 0 Å². The van der Waals surface area contributed by atoms with Gasteiger partial charge in [-0.3, -0.25) is 9.48 Å². The number of nitrogens with zero attached hydrogens (tertiary/aromatic N) is 4. The second-order valence-electron chi connectivity index (χ2n) is 6.08. The van der Waals surface area contributed by atoms with E-state index >= 15 is 0 Å². The quantitative estimate of drug-likeness (QED) is 0.634. The van der Waals surface area contributed by atoms with Crippen molar-refractivity contribution in [2.24, 2.45) is 12.8 Å². The van der Waals surface area contributed by atoms with Crippen LogP contribution in [0.15, 0.2) is 24.5 Å². The number of aromatic nitrogens is 4. The molecule has 1 aromatic carbocycles. The van der Waals surface area contributed by atoms with Crippen LogP contribution >= 0.6 is 0 Å². The molecule has 0 fully saturated rings. The zero-order chi connectivity index (χ0) is 20.4. The van der Waals surface area contributed by atoms with Gasteiger partial charge in [0.15, 0.2) is 17.5 Å². The van der Waals surface area contributed by atoms with Crippen LogP contribution < -0.4 is 5.73 Å². The van der Waals surface area contributed by atoms with Gasteiger partial charge >= 0.3 is 0 Å². The first-order valence-electron chi connectivity index (χ1n) is 8.35. The maximum Gasteiger partial charge on any atom is 0.284 e. The van der Waals surface area contributed by atoms with Crippen molar-refractivity contribution < 1.29 is 23.4 Å². The van der Waals surface area contributed by atoms with E-state index in [2.05, 4.69) is 10.1 Å². The van der Waals surface area contributed by atoms with Gasteiger partial charge in [0.2, 0.25) is 0 Å². The average Bonchev–Trinajstić information content (AvgIpc) is 3.25. The Balaban J connectivity index is 2.06. The van der Waals surface area contributed by atoms with Crippen molar-refractivity contribution in [3.05, 3.63) is 47.7 Å². The minimum absolute atomic E-state index is 0.0359. The normalized spacial score (nSPS) is 11.2. The lowest BCUT2D eigenvalue weighted by molar-refractivity contribution is 0.0987. The molecule has 0 radical (unpaired) electrons. The molecule has 0 unspecified atom stereocenters. The zero-order valence-corrected chi connectivity index (χ0v) is 15.3. The highest BCUT2D eigenvalue weighted by Crippen LogP contribution is 2.33. The Bertz CT molecular complexity index is 1030. The van der Waals surface area contributed by atoms with E-state index < -0.39 is 24.1 Å². The highest BCUT2D eigenvalue weighted by atomic mass is 19.2. The molecule has 8 nitrogen and oxygen atoms in total. The summed E-state index contributed by atoms with van der Waals surface area (Å²) in [7, 11) is 3.02. The number of carbonyl (C=O) groups excluding carboxylic acids is 1. The Hall–Kier alpha value is -3.11. The monoisotopic (exact) mass is 391 g/mol. The van der Waals surface area contributed by atoms with Crippen molar-refractivity contribution in [3.63, 3.8) is 0 Å². The molecule has 148 valence electrons. The minimum atomic E-state index is -1.11. The van der Waals surface area contributed by atoms with Gasteiger partial charge in [-0.2, -0.15) is 5.10 Å². The molecule has 0 aliphatic carbocycles. The standard InChI is InChI=1S/C18H19F2N5O3/c1-24-14(7-22-18(24)17(21)27)11-4-3-10(15(19)16(11)20)12-8-25(5-6-28-2)23-13(12)9-26/h3-4,7-8,26H,5-6,9H2,1-2H3,(H2,21,27). The number of carbonyl (C=O) groups is 1. The summed E-state index contributed by atoms with van der Waals surface area (Å²) in [5.41, 5.74) is 5.81. The molecule has 28 heavy (non-hydrogen) atoms. The largest absolute Gasteiger partial charge is 0.390 e. The molecule has 2 aromatic heterocycles. The fraction of sp³-hybridized carbons (Fsp3) is 0.278. The Morgan fingerprint density at radius 1 is 1.25 bits per heavy atom. The number of benzene rings is 1. The number of methoxy groups -OCH3 is 1. The number of aliphatic hydroxyl groups excluding tert-OH is 1. The Kier molecular flexibility index (Phi) is 5.52. The lowest BCUT2D eigenvalue weighted by Gasteiger charge is -2.09. The van der Waals surface area contributed by atoms with E-state index in [0.717, 1.165) is 0 Å². The summed E-state index contributed by atoms with van der Waals surface area (Å²) >= 11 is 0. The average molecular weight is 391 g/mol. The predicted molar refractivity (Wildman–Crippen MR) is 96.1 cm³/mol. The van der Waals surface area contributed by atoms with E-state index in [4.69, 9.17) is 10.5 Å². The van der Waals surface area contributed by atoms with Crippen molar-refractivity contribution >= 4 is 5.91 Å². The van der Waals surface area contributed by atoms with Crippen molar-refractivity contribution in [2.75, 3.05) is 13.7 Å². The lowest BCUT2D eigenvalue weighted by atomic mass is 10.0. The second-order valence-corrected chi connectivity index (χ2v) is 6.08. The third-order valence-electron chi connectivity index (χ3n) is 4.37. The molecule has 1 amide bonds. The molecule has 0 aliphatic rings. The van der Waals surface area contributed by atoms with E-state index in [1.165, 1.54) is 47.9 Å². The zero-order valence-electron chi connectivity index (χ0n) is 15.3. The highest BCUT2D eigenvalue weighted by molar-refractivity contribution is 5.90. The third kappa shape index (κ3) is 3.39. The van der Waals surface area contributed by atoms with Crippen LogP contribution in [0.5, 0.6) is 0 Å². The van der Waals surface area contributed by atoms with Crippen LogP contribution in [-0.4, -0.2) is 44.1 Å². The number of ether oxygens (including phenoxy) is 1. The first kappa shape index (κ1) is 19.6. The van der Waals surface area contributed by atoms with E-state index in [9.17, 15) is 18.7 Å². The SMILES string of the molecule is COCCn1cc(-c2ccc(-c3cnc(C(N)=O)n3C)c(F)c2F)c(CO)n1. The number of aliphatic hydroxyl groups is 1. The van der Waals surface area contributed by atoms with Crippen LogP contribution in [0, 0.1) is 11.6 Å². The number of amides is 1. The highest BCUT2D eigenvalue weighted by Gasteiger charge is 2.22. The van der Waals surface area contributed by atoms with Crippen LogP contribution in [0.1, 0.15) is 16.3 Å². The number of halogens is 2. The van der Waals surface area contributed by atoms with Gasteiger partial charge in [-0.1, -0.05) is 6.07 Å². The molecule has 0 bridgehead atoms. The van der Waals surface area contributed by atoms with Gasteiger partial charge in [0.1, 0.15) is 0 Å². The van der Waals surface area contributed by atoms with Crippen LogP contribution in [0.25, 0.3) is 22.4 Å². The fourth-order valence-electron chi connectivity index (χ4n) is 2.95. The molecular weight excluding hydrogens is 372 g/mol. The minimum Gasteiger partial charge on any atom is -0.390 e. The topological polar surface area (TPSA) is 108 Å². The van der Waals surface area contributed by atoms with Gasteiger partial charge < -0.3 is 20.1 Å². The Morgan fingerprint density at radius 2 is 1.93 bits per heavy atom. The van der Waals surface area contributed by atoms with Crippen molar-refractivity contribution in [2.45, 2.75) is 13.2 Å². The number of hydrogen-bond donors (Lipinski definition) is 2. The van der Waals surface area contributed by atoms with Gasteiger partial charge in [0.05, 0.1) is 37.3 Å². The molecule has 0 saturated carbocycles. The maximum atomic E-state index is 14.9. The molecule has 10 heteroatoms. The predicted octanol–water partition coefficient (Wildman–Crippen LogP) is 1.47. The molecule has 3 N–H and O–H groups in total. The smallest absolute Gasteiger partial charge is 0.284 e. The van der Waals surface area contributed by atoms with Crippen LogP contribution in [-0.2, 0) is 24.9 Å². The van der Waals surface area contributed by atoms with Gasteiger partial charge in [-0.25, -0.2) is 13.8 Å². The van der Waals surface area contributed by atoms with Crippen LogP contribution in [0.4, 0.5) is 8.78 Å². The molecule has 0 atom stereocenters. The Morgan fingerprint density at radius 3 is 2.54 bits per heavy atom. The van der Waals surface area contributed by atoms with E-state index in [1.807, 2.05) is 0 Å². The molecule has 2 heterocycles. The number of rotatable bonds is 7. The molecular formula is C18H19F2N5O3. The molecule has 0 saturated heterocycles. The molecule has 3 rings (SSSR count). The number of nitrogens with two attached hydrogens (primary N) is 1. The number of imidazole rings is 1. The van der Waals surface area contributed by atoms with Gasteiger partial charge in [-0.05, 0) is 6.07 Å². The summed E-state index contributed by atoms with van der Waals surface area (Å²) in [5.74, 6) is -3.05. The van der Waals surface area contributed by atoms with Gasteiger partial charge in [0.25, 0.3) is 5.91 Å². The third-order valence-corrected chi connectivity index (χ3v) is 4.37. The maximum absolute atomic E-state index is 14.9. The summed E-state index contributed by atoms with van der Waals surface area (Å²) in [6.45, 7) is 0.350. The summed E-state index contributed by atoms with van der Waals surface area (Å²) < 4.78 is 37.5. The second kappa shape index (κ2) is 7.87. The first-order chi connectivity index (χ1) is 13.4. The molecule has 0 aliphatic heterocycles. The summed E-state index contributed by atoms with van der Waals surface area (Å²) in [5, 5.41) is 13.7. The van der Waals surface area contributed by atoms with E-state index in [-0.39, 0.29) is 33.9 Å². The van der Waals surface area contributed by atoms with E-state index in [1.54, 1.807) is 0 Å². The molecule has 0 spiro atoms. The lowest BCUT2D eigenvalue weighted by Crippen LogP contribution is -2.17. The molecule has 3 aromatic rings. The van der Waals surface area contributed by atoms with Crippen LogP contribution in [0.2, 0.25) is 0 Å². The van der Waals surface area contributed by atoms with Crippen molar-refractivity contribution in [3.8, 4) is 22.4 Å². The van der Waals surface area contributed by atoms with Crippen molar-refractivity contribution in [1.29, 1.82) is 0 Å². The Labute approximate surface area is 159 Å². The number of primary amides is 1. The summed E-state index contributed by atoms with van der Waals surface area (Å²) in [6.07, 6.45) is 2.77. The number of hydrogen-bond acceptors (Lipinski definition) is 5. The summed E-state index contributed by atoms with van der Waals surface area (Å²) in [6, 6.07) is 2.77. The first-order valence-corrected chi connectivity index (χ1v) is 8.35. The fourth-order valence-corrected chi connectivity index (χ4v) is 2.95. The van der Waals surface area contributed by atoms with Gasteiger partial charge in [0, 0.05) is 37.0 Å². The van der Waals surface area contributed by atoms with E-state index in [0.29, 0.717) is 13.2 Å². The van der Waals surface area contributed by atoms with Crippen molar-refractivity contribution in [1.82, 2.24) is 19.3 Å². The summed E-state index contributed by atoms with van der Waals surface area (Å²) in [4.78, 5) is 15.2.